The number of amides is 3. The summed E-state index contributed by atoms with van der Waals surface area (Å²) in [6, 6.07) is 7.72. The topological polar surface area (TPSA) is 78.5 Å². The molecule has 1 aliphatic heterocycles. The summed E-state index contributed by atoms with van der Waals surface area (Å²) in [6.45, 7) is 2.36. The molecule has 6 nitrogen and oxygen atoms in total. The molecule has 1 fully saturated rings. The van der Waals surface area contributed by atoms with Crippen LogP contribution in [-0.4, -0.2) is 29.8 Å². The molecule has 1 aromatic rings. The normalized spacial score (nSPS) is 18.1. The molecule has 1 heterocycles. The first kappa shape index (κ1) is 14.0. The lowest BCUT2D eigenvalue weighted by molar-refractivity contribution is -0.135. The van der Waals surface area contributed by atoms with Crippen molar-refractivity contribution in [2.75, 3.05) is 7.05 Å². The minimum absolute atomic E-state index is 0.124. The van der Waals surface area contributed by atoms with Crippen LogP contribution in [0.1, 0.15) is 17.5 Å². The number of nitrogens with one attached hydrogen (secondary N) is 2. The number of hydrazine groups is 1. The van der Waals surface area contributed by atoms with Crippen molar-refractivity contribution < 1.29 is 14.4 Å². The molecular weight excluding hydrogens is 258 g/mol. The predicted octanol–water partition coefficient (Wildman–Crippen LogP) is 0.121. The van der Waals surface area contributed by atoms with Crippen molar-refractivity contribution >= 4 is 17.7 Å². The maximum absolute atomic E-state index is 11.8. The fourth-order valence-electron chi connectivity index (χ4n) is 2.08. The lowest BCUT2D eigenvalue weighted by atomic mass is 10.0. The number of aryl methyl sites for hydroxylation is 1. The van der Waals surface area contributed by atoms with E-state index in [1.165, 1.54) is 7.05 Å². The molecule has 2 rings (SSSR count). The van der Waals surface area contributed by atoms with Gasteiger partial charge in [-0.3, -0.25) is 24.8 Å². The SMILES string of the molecule is Cc1ccccc1CNC(=O)CC1C(=O)NN(C)C1=O. The van der Waals surface area contributed by atoms with Gasteiger partial charge in [0.1, 0.15) is 5.92 Å². The van der Waals surface area contributed by atoms with Crippen molar-refractivity contribution in [1.82, 2.24) is 15.8 Å². The van der Waals surface area contributed by atoms with E-state index in [-0.39, 0.29) is 18.2 Å². The van der Waals surface area contributed by atoms with Crippen molar-refractivity contribution in [3.05, 3.63) is 35.4 Å². The molecule has 0 aliphatic carbocycles. The molecule has 0 bridgehead atoms. The molecule has 0 radical (unpaired) electrons. The third kappa shape index (κ3) is 2.96. The predicted molar refractivity (Wildman–Crippen MR) is 72.0 cm³/mol. The molecule has 1 unspecified atom stereocenters. The second-order valence-corrected chi connectivity index (χ2v) is 4.83. The number of hydrogen-bond acceptors (Lipinski definition) is 3. The van der Waals surface area contributed by atoms with Gasteiger partial charge in [0.2, 0.25) is 5.91 Å². The second kappa shape index (κ2) is 5.73. The van der Waals surface area contributed by atoms with Crippen LogP contribution in [0.2, 0.25) is 0 Å². The van der Waals surface area contributed by atoms with Gasteiger partial charge in [0.05, 0.1) is 0 Å². The van der Waals surface area contributed by atoms with Crippen molar-refractivity contribution in [3.8, 4) is 0 Å². The van der Waals surface area contributed by atoms with Crippen LogP contribution in [0.25, 0.3) is 0 Å². The van der Waals surface area contributed by atoms with Crippen LogP contribution < -0.4 is 10.7 Å². The van der Waals surface area contributed by atoms with Crippen molar-refractivity contribution in [3.63, 3.8) is 0 Å². The molecule has 6 heteroatoms. The molecule has 20 heavy (non-hydrogen) atoms. The van der Waals surface area contributed by atoms with Gasteiger partial charge in [-0.1, -0.05) is 24.3 Å². The van der Waals surface area contributed by atoms with Gasteiger partial charge in [-0.05, 0) is 18.1 Å². The van der Waals surface area contributed by atoms with E-state index in [0.29, 0.717) is 6.54 Å². The minimum Gasteiger partial charge on any atom is -0.352 e. The number of carbonyl (C=O) groups is 3. The van der Waals surface area contributed by atoms with Gasteiger partial charge in [-0.2, -0.15) is 0 Å². The Labute approximate surface area is 117 Å². The van der Waals surface area contributed by atoms with E-state index in [2.05, 4.69) is 10.7 Å². The Kier molecular flexibility index (Phi) is 4.02. The average molecular weight is 275 g/mol. The summed E-state index contributed by atoms with van der Waals surface area (Å²) in [7, 11) is 1.46. The molecule has 1 aliphatic rings. The highest BCUT2D eigenvalue weighted by Crippen LogP contribution is 2.13. The zero-order valence-corrected chi connectivity index (χ0v) is 11.5. The molecule has 2 N–H and O–H groups in total. The first-order valence-corrected chi connectivity index (χ1v) is 6.38. The van der Waals surface area contributed by atoms with E-state index in [4.69, 9.17) is 0 Å². The first-order chi connectivity index (χ1) is 9.49. The Morgan fingerprint density at radius 3 is 2.65 bits per heavy atom. The highest BCUT2D eigenvalue weighted by Gasteiger charge is 2.38. The summed E-state index contributed by atoms with van der Waals surface area (Å²) in [6.07, 6.45) is -0.124. The summed E-state index contributed by atoms with van der Waals surface area (Å²) in [5.74, 6) is -2.03. The van der Waals surface area contributed by atoms with Gasteiger partial charge in [0.15, 0.2) is 0 Å². The summed E-state index contributed by atoms with van der Waals surface area (Å²) >= 11 is 0. The molecule has 106 valence electrons. The second-order valence-electron chi connectivity index (χ2n) is 4.83. The molecular formula is C14H17N3O3. The van der Waals surface area contributed by atoms with Gasteiger partial charge >= 0.3 is 0 Å². The monoisotopic (exact) mass is 275 g/mol. The van der Waals surface area contributed by atoms with Crippen LogP contribution in [0.3, 0.4) is 0 Å². The van der Waals surface area contributed by atoms with E-state index in [1.807, 2.05) is 31.2 Å². The highest BCUT2D eigenvalue weighted by molar-refractivity contribution is 6.07. The van der Waals surface area contributed by atoms with E-state index in [1.54, 1.807) is 0 Å². The van der Waals surface area contributed by atoms with Crippen LogP contribution in [0.15, 0.2) is 24.3 Å². The third-order valence-corrected chi connectivity index (χ3v) is 3.35. The summed E-state index contributed by atoms with van der Waals surface area (Å²) in [5.41, 5.74) is 4.47. The van der Waals surface area contributed by atoms with Gasteiger partial charge in [-0.15, -0.1) is 0 Å². The standard InChI is InChI=1S/C14H17N3O3/c1-9-5-3-4-6-10(9)8-15-12(18)7-11-13(19)16-17(2)14(11)20/h3-6,11H,7-8H2,1-2H3,(H,15,18)(H,16,19). The molecule has 1 atom stereocenters. The molecule has 1 aromatic carbocycles. The Morgan fingerprint density at radius 1 is 1.35 bits per heavy atom. The first-order valence-electron chi connectivity index (χ1n) is 6.38. The highest BCUT2D eigenvalue weighted by atomic mass is 16.2. The molecule has 0 saturated carbocycles. The van der Waals surface area contributed by atoms with Crippen molar-refractivity contribution in [1.29, 1.82) is 0 Å². The van der Waals surface area contributed by atoms with E-state index in [0.717, 1.165) is 16.1 Å². The van der Waals surface area contributed by atoms with Gasteiger partial charge in [0.25, 0.3) is 11.8 Å². The quantitative estimate of drug-likeness (QED) is 0.766. The van der Waals surface area contributed by atoms with Gasteiger partial charge in [-0.25, -0.2) is 0 Å². The Morgan fingerprint density at radius 2 is 2.05 bits per heavy atom. The van der Waals surface area contributed by atoms with Crippen molar-refractivity contribution in [2.45, 2.75) is 19.9 Å². The summed E-state index contributed by atoms with van der Waals surface area (Å²) < 4.78 is 0. The third-order valence-electron chi connectivity index (χ3n) is 3.35. The molecule has 0 spiro atoms. The Bertz CT molecular complexity index is 556. The van der Waals surface area contributed by atoms with E-state index >= 15 is 0 Å². The van der Waals surface area contributed by atoms with Crippen LogP contribution in [0.5, 0.6) is 0 Å². The van der Waals surface area contributed by atoms with Gasteiger partial charge in [0, 0.05) is 20.0 Å². The maximum atomic E-state index is 11.8. The molecule has 3 amide bonds. The number of rotatable bonds is 4. The molecule has 1 saturated heterocycles. The van der Waals surface area contributed by atoms with Crippen LogP contribution in [-0.2, 0) is 20.9 Å². The smallest absolute Gasteiger partial charge is 0.253 e. The minimum atomic E-state index is -0.920. The maximum Gasteiger partial charge on any atom is 0.253 e. The lowest BCUT2D eigenvalue weighted by Crippen LogP contribution is -2.31. The summed E-state index contributed by atoms with van der Waals surface area (Å²) in [5, 5.41) is 3.85. The van der Waals surface area contributed by atoms with Crippen LogP contribution in [0.4, 0.5) is 0 Å². The van der Waals surface area contributed by atoms with Crippen molar-refractivity contribution in [2.24, 2.45) is 5.92 Å². The Balaban J connectivity index is 1.89. The van der Waals surface area contributed by atoms with Crippen LogP contribution in [0, 0.1) is 12.8 Å². The number of carbonyl (C=O) groups excluding carboxylic acids is 3. The van der Waals surface area contributed by atoms with Gasteiger partial charge < -0.3 is 5.32 Å². The molecule has 0 aromatic heterocycles. The average Bonchev–Trinajstić information content (AvgIpc) is 2.64. The number of nitrogens with zero attached hydrogens (tertiary/aromatic N) is 1. The number of benzene rings is 1. The lowest BCUT2D eigenvalue weighted by Gasteiger charge is -2.09. The fourth-order valence-corrected chi connectivity index (χ4v) is 2.08. The Hall–Kier alpha value is -2.37. The van der Waals surface area contributed by atoms with E-state index < -0.39 is 11.8 Å². The summed E-state index contributed by atoms with van der Waals surface area (Å²) in [4.78, 5) is 35.0. The largest absolute Gasteiger partial charge is 0.352 e. The van der Waals surface area contributed by atoms with E-state index in [9.17, 15) is 14.4 Å². The zero-order valence-electron chi connectivity index (χ0n) is 11.5. The zero-order chi connectivity index (χ0) is 14.7. The fraction of sp³-hybridized carbons (Fsp3) is 0.357. The van der Waals surface area contributed by atoms with Crippen LogP contribution >= 0.6 is 0 Å². The number of hydrogen-bond donors (Lipinski definition) is 2.